The fourth-order valence-electron chi connectivity index (χ4n) is 4.78. The number of benzene rings is 2. The maximum absolute atomic E-state index is 13.3. The van der Waals surface area contributed by atoms with Crippen molar-refractivity contribution in [1.82, 2.24) is 14.9 Å². The monoisotopic (exact) mass is 516 g/mol. The second-order valence-electron chi connectivity index (χ2n) is 9.26. The van der Waals surface area contributed by atoms with E-state index in [1.807, 2.05) is 11.0 Å². The first-order chi connectivity index (χ1) is 18.0. The number of ether oxygens (including phenoxy) is 2. The molecule has 2 aromatic carbocycles. The number of nitrogens with zero attached hydrogens (tertiary/aromatic N) is 4. The van der Waals surface area contributed by atoms with Crippen LogP contribution in [0.15, 0.2) is 48.5 Å². The highest BCUT2D eigenvalue weighted by atomic mass is 32.1. The quantitative estimate of drug-likeness (QED) is 0.342. The van der Waals surface area contributed by atoms with E-state index < -0.39 is 0 Å². The van der Waals surface area contributed by atoms with Crippen LogP contribution in [0.25, 0.3) is 10.2 Å². The summed E-state index contributed by atoms with van der Waals surface area (Å²) in [6.45, 7) is 6.95. The number of carbonyl (C=O) groups excluding carboxylic acids is 1. The first kappa shape index (κ1) is 25.0. The molecular formula is C29H32N4O3S. The predicted molar refractivity (Wildman–Crippen MR) is 148 cm³/mol. The molecule has 0 N–H and O–H groups in total. The molecule has 3 heterocycles. The molecule has 0 spiro atoms. The molecule has 37 heavy (non-hydrogen) atoms. The van der Waals surface area contributed by atoms with Gasteiger partial charge in [-0.15, -0.1) is 11.3 Å². The molecule has 0 atom stereocenters. The van der Waals surface area contributed by atoms with E-state index in [2.05, 4.69) is 43.0 Å². The number of anilines is 1. The van der Waals surface area contributed by atoms with Gasteiger partial charge in [0.25, 0.3) is 5.91 Å². The number of aromatic nitrogens is 2. The number of hydrogen-bond acceptors (Lipinski definition) is 7. The summed E-state index contributed by atoms with van der Waals surface area (Å²) in [4.78, 5) is 29.9. The number of piperazine rings is 1. The van der Waals surface area contributed by atoms with E-state index in [1.54, 1.807) is 43.8 Å². The van der Waals surface area contributed by atoms with E-state index in [9.17, 15) is 4.79 Å². The van der Waals surface area contributed by atoms with Crippen molar-refractivity contribution in [2.45, 2.75) is 26.7 Å². The molecule has 1 aliphatic heterocycles. The molecule has 1 amide bonds. The smallest absolute Gasteiger partial charge is 0.257 e. The Hall–Kier alpha value is -3.65. The summed E-state index contributed by atoms with van der Waals surface area (Å²) in [7, 11) is 3.17. The van der Waals surface area contributed by atoms with Crippen LogP contribution >= 0.6 is 11.3 Å². The topological polar surface area (TPSA) is 67.8 Å². The lowest BCUT2D eigenvalue weighted by Gasteiger charge is -2.36. The largest absolute Gasteiger partial charge is 0.497 e. The van der Waals surface area contributed by atoms with Crippen molar-refractivity contribution in [1.29, 1.82) is 0 Å². The van der Waals surface area contributed by atoms with Gasteiger partial charge >= 0.3 is 0 Å². The summed E-state index contributed by atoms with van der Waals surface area (Å²) < 4.78 is 10.7. The standard InChI is InChI=1S/C29H32N4O3S/c1-19-20(2)37-28-26(19)27(30-25(31-28)13-10-21-8-6-5-7-9-21)32-14-16-33(17-15-32)29(34)23-12-11-22(35-3)18-24(23)36-4/h5-9,11-12,18H,10,13-17H2,1-4H3. The molecule has 192 valence electrons. The van der Waals surface area contributed by atoms with Crippen molar-refractivity contribution >= 4 is 33.3 Å². The van der Waals surface area contributed by atoms with Crippen molar-refractivity contribution in [2.75, 3.05) is 45.3 Å². The lowest BCUT2D eigenvalue weighted by atomic mass is 10.1. The minimum atomic E-state index is -0.0295. The summed E-state index contributed by atoms with van der Waals surface area (Å²) in [6.07, 6.45) is 1.69. The van der Waals surface area contributed by atoms with E-state index in [4.69, 9.17) is 19.4 Å². The zero-order chi connectivity index (χ0) is 25.9. The van der Waals surface area contributed by atoms with E-state index in [1.165, 1.54) is 16.0 Å². The Morgan fingerprint density at radius 1 is 0.946 bits per heavy atom. The summed E-state index contributed by atoms with van der Waals surface area (Å²) in [6, 6.07) is 15.8. The van der Waals surface area contributed by atoms with Crippen LogP contribution in [0.2, 0.25) is 0 Å². The molecule has 4 aromatic rings. The third-order valence-corrected chi connectivity index (χ3v) is 8.14. The average molecular weight is 517 g/mol. The maximum atomic E-state index is 13.3. The highest BCUT2D eigenvalue weighted by molar-refractivity contribution is 7.18. The van der Waals surface area contributed by atoms with Gasteiger partial charge in [-0.25, -0.2) is 9.97 Å². The van der Waals surface area contributed by atoms with Gasteiger partial charge < -0.3 is 19.3 Å². The molecule has 0 radical (unpaired) electrons. The van der Waals surface area contributed by atoms with Crippen LogP contribution in [0.5, 0.6) is 11.5 Å². The Morgan fingerprint density at radius 3 is 2.41 bits per heavy atom. The van der Waals surface area contributed by atoms with Gasteiger partial charge in [0.05, 0.1) is 25.2 Å². The molecular weight excluding hydrogens is 484 g/mol. The zero-order valence-electron chi connectivity index (χ0n) is 21.8. The highest BCUT2D eigenvalue weighted by Crippen LogP contribution is 2.36. The van der Waals surface area contributed by atoms with Gasteiger partial charge in [-0.05, 0) is 43.5 Å². The Labute approximate surface area is 221 Å². The third-order valence-electron chi connectivity index (χ3n) is 7.04. The van der Waals surface area contributed by atoms with Crippen LogP contribution in [0.1, 0.15) is 32.2 Å². The molecule has 0 bridgehead atoms. The van der Waals surface area contributed by atoms with Gasteiger partial charge in [0.15, 0.2) is 0 Å². The molecule has 0 aliphatic carbocycles. The van der Waals surface area contributed by atoms with E-state index in [-0.39, 0.29) is 5.91 Å². The second kappa shape index (κ2) is 10.8. The van der Waals surface area contributed by atoms with Gasteiger partial charge in [-0.1, -0.05) is 30.3 Å². The summed E-state index contributed by atoms with van der Waals surface area (Å²) in [5.74, 6) is 3.02. The van der Waals surface area contributed by atoms with Gasteiger partial charge in [-0.3, -0.25) is 4.79 Å². The fraction of sp³-hybridized carbons (Fsp3) is 0.345. The Bertz CT molecular complexity index is 1410. The Balaban J connectivity index is 1.36. The SMILES string of the molecule is COc1ccc(C(=O)N2CCN(c3nc(CCc4ccccc4)nc4sc(C)c(C)c34)CC2)c(OC)c1. The number of fused-ring (bicyclic) bond motifs is 1. The zero-order valence-corrected chi connectivity index (χ0v) is 22.6. The predicted octanol–water partition coefficient (Wildman–Crippen LogP) is 5.07. The normalized spacial score (nSPS) is 13.7. The molecule has 1 saturated heterocycles. The van der Waals surface area contributed by atoms with Crippen molar-refractivity contribution < 1.29 is 14.3 Å². The lowest BCUT2D eigenvalue weighted by molar-refractivity contribution is 0.0743. The number of amides is 1. The van der Waals surface area contributed by atoms with E-state index >= 15 is 0 Å². The minimum absolute atomic E-state index is 0.0295. The Kier molecular flexibility index (Phi) is 7.28. The van der Waals surface area contributed by atoms with Gasteiger partial charge in [-0.2, -0.15) is 0 Å². The first-order valence-corrected chi connectivity index (χ1v) is 13.4. The van der Waals surface area contributed by atoms with Crippen molar-refractivity contribution in [3.8, 4) is 11.5 Å². The summed E-state index contributed by atoms with van der Waals surface area (Å²) in [5.41, 5.74) is 3.08. The number of methoxy groups -OCH3 is 2. The number of aryl methyl sites for hydroxylation is 4. The van der Waals surface area contributed by atoms with Crippen molar-refractivity contribution in [3.05, 3.63) is 75.9 Å². The molecule has 0 unspecified atom stereocenters. The number of hydrogen-bond donors (Lipinski definition) is 0. The molecule has 8 heteroatoms. The molecule has 2 aromatic heterocycles. The van der Waals surface area contributed by atoms with Crippen molar-refractivity contribution in [3.63, 3.8) is 0 Å². The average Bonchev–Trinajstić information content (AvgIpc) is 3.24. The number of carbonyl (C=O) groups is 1. The minimum Gasteiger partial charge on any atom is -0.497 e. The number of rotatable bonds is 7. The van der Waals surface area contributed by atoms with Crippen LogP contribution in [-0.2, 0) is 12.8 Å². The molecule has 1 fully saturated rings. The van der Waals surface area contributed by atoms with Crippen LogP contribution < -0.4 is 14.4 Å². The van der Waals surface area contributed by atoms with Crippen LogP contribution in [0.4, 0.5) is 5.82 Å². The molecule has 7 nitrogen and oxygen atoms in total. The first-order valence-electron chi connectivity index (χ1n) is 12.5. The van der Waals surface area contributed by atoms with E-state index in [0.29, 0.717) is 43.2 Å². The summed E-state index contributed by atoms with van der Waals surface area (Å²) >= 11 is 1.74. The summed E-state index contributed by atoms with van der Waals surface area (Å²) in [5, 5.41) is 1.14. The fourth-order valence-corrected chi connectivity index (χ4v) is 5.82. The maximum Gasteiger partial charge on any atom is 0.257 e. The van der Waals surface area contributed by atoms with E-state index in [0.717, 1.165) is 34.7 Å². The molecule has 1 aliphatic rings. The third kappa shape index (κ3) is 5.11. The van der Waals surface area contributed by atoms with Crippen molar-refractivity contribution in [2.24, 2.45) is 0 Å². The number of thiophene rings is 1. The highest BCUT2D eigenvalue weighted by Gasteiger charge is 2.27. The second-order valence-corrected chi connectivity index (χ2v) is 10.5. The van der Waals surface area contributed by atoms with Crippen LogP contribution in [0.3, 0.4) is 0 Å². The van der Waals surface area contributed by atoms with Crippen LogP contribution in [0, 0.1) is 13.8 Å². The molecule has 0 saturated carbocycles. The lowest BCUT2D eigenvalue weighted by Crippen LogP contribution is -2.49. The molecule has 5 rings (SSSR count). The van der Waals surface area contributed by atoms with Gasteiger partial charge in [0.1, 0.15) is 28.0 Å². The van der Waals surface area contributed by atoms with Gasteiger partial charge in [0.2, 0.25) is 0 Å². The van der Waals surface area contributed by atoms with Crippen LogP contribution in [-0.4, -0.2) is 61.2 Å². The Morgan fingerprint density at radius 2 is 1.70 bits per heavy atom. The van der Waals surface area contributed by atoms with Gasteiger partial charge in [0, 0.05) is 43.5 Å².